The molecular formula is C21H30N4O2S. The van der Waals surface area contributed by atoms with E-state index in [1.807, 2.05) is 30.3 Å². The summed E-state index contributed by atoms with van der Waals surface area (Å²) in [5, 5.41) is 7.81. The molecule has 1 aromatic carbocycles. The molecule has 2 aromatic rings. The maximum Gasteiger partial charge on any atom is 0.270 e. The minimum Gasteiger partial charge on any atom is -0.351 e. The van der Waals surface area contributed by atoms with Crippen LogP contribution in [0.3, 0.4) is 0 Å². The number of aryl methyl sites for hydroxylation is 1. The number of carbonyl (C=O) groups excluding carboxylic acids is 2. The number of benzene rings is 1. The van der Waals surface area contributed by atoms with Crippen LogP contribution in [0.1, 0.15) is 49.2 Å². The van der Waals surface area contributed by atoms with Gasteiger partial charge in [-0.25, -0.2) is 4.98 Å². The van der Waals surface area contributed by atoms with Crippen molar-refractivity contribution in [3.63, 3.8) is 0 Å². The van der Waals surface area contributed by atoms with E-state index >= 15 is 0 Å². The Balaban J connectivity index is 1.67. The van der Waals surface area contributed by atoms with Crippen molar-refractivity contribution in [3.05, 3.63) is 47.0 Å². The number of amides is 2. The van der Waals surface area contributed by atoms with E-state index in [9.17, 15) is 9.59 Å². The average Bonchev–Trinajstić information content (AvgIpc) is 3.18. The monoisotopic (exact) mass is 402 g/mol. The van der Waals surface area contributed by atoms with Gasteiger partial charge in [-0.1, -0.05) is 44.2 Å². The van der Waals surface area contributed by atoms with Crippen molar-refractivity contribution >= 4 is 28.3 Å². The molecule has 6 nitrogen and oxygen atoms in total. The van der Waals surface area contributed by atoms with E-state index in [1.165, 1.54) is 11.3 Å². The van der Waals surface area contributed by atoms with Crippen LogP contribution >= 0.6 is 11.3 Å². The van der Waals surface area contributed by atoms with E-state index in [1.54, 1.807) is 5.38 Å². The lowest BCUT2D eigenvalue weighted by atomic mass is 10.1. The van der Waals surface area contributed by atoms with E-state index < -0.39 is 0 Å². The van der Waals surface area contributed by atoms with Crippen molar-refractivity contribution in [2.24, 2.45) is 0 Å². The number of hydrogen-bond donors (Lipinski definition) is 2. The Kier molecular flexibility index (Phi) is 9.65. The summed E-state index contributed by atoms with van der Waals surface area (Å²) in [4.78, 5) is 30.8. The van der Waals surface area contributed by atoms with Crippen LogP contribution in [0, 0.1) is 0 Å². The van der Waals surface area contributed by atoms with Gasteiger partial charge in [0.2, 0.25) is 5.91 Å². The third-order valence-electron chi connectivity index (χ3n) is 4.55. The van der Waals surface area contributed by atoms with E-state index in [-0.39, 0.29) is 11.8 Å². The second-order valence-corrected chi connectivity index (χ2v) is 7.42. The summed E-state index contributed by atoms with van der Waals surface area (Å²) in [7, 11) is 0. The Hall–Kier alpha value is -2.25. The second kappa shape index (κ2) is 12.3. The topological polar surface area (TPSA) is 74.3 Å². The number of rotatable bonds is 12. The first-order valence-corrected chi connectivity index (χ1v) is 10.8. The van der Waals surface area contributed by atoms with E-state index in [0.717, 1.165) is 38.0 Å². The maximum atomic E-state index is 12.2. The predicted octanol–water partition coefficient (Wildman–Crippen LogP) is 3.57. The number of nitrogens with zero attached hydrogens (tertiary/aromatic N) is 2. The minimum absolute atomic E-state index is 0.0958. The smallest absolute Gasteiger partial charge is 0.270 e. The van der Waals surface area contributed by atoms with Gasteiger partial charge < -0.3 is 15.5 Å². The Morgan fingerprint density at radius 2 is 1.86 bits per heavy atom. The Labute approximate surface area is 171 Å². The lowest BCUT2D eigenvalue weighted by Crippen LogP contribution is -2.27. The molecule has 1 heterocycles. The van der Waals surface area contributed by atoms with Gasteiger partial charge in [0.25, 0.3) is 5.91 Å². The molecule has 152 valence electrons. The zero-order chi connectivity index (χ0) is 20.2. The highest BCUT2D eigenvalue weighted by molar-refractivity contribution is 7.14. The van der Waals surface area contributed by atoms with Gasteiger partial charge in [-0.15, -0.1) is 11.3 Å². The number of aromatic nitrogens is 1. The Morgan fingerprint density at radius 3 is 2.57 bits per heavy atom. The summed E-state index contributed by atoms with van der Waals surface area (Å²) >= 11 is 1.27. The van der Waals surface area contributed by atoms with Crippen LogP contribution in [0.15, 0.2) is 35.7 Å². The van der Waals surface area contributed by atoms with Gasteiger partial charge in [0.1, 0.15) is 5.69 Å². The SMILES string of the molecule is CCN(CC)CCCCNC(=O)c1csc(NC(=O)CCc2ccccc2)n1. The van der Waals surface area contributed by atoms with Gasteiger partial charge in [0.15, 0.2) is 5.13 Å². The highest BCUT2D eigenvalue weighted by Crippen LogP contribution is 2.16. The second-order valence-electron chi connectivity index (χ2n) is 6.56. The zero-order valence-corrected chi connectivity index (χ0v) is 17.6. The van der Waals surface area contributed by atoms with Gasteiger partial charge in [-0.3, -0.25) is 9.59 Å². The molecule has 0 spiro atoms. The van der Waals surface area contributed by atoms with Crippen molar-refractivity contribution in [3.8, 4) is 0 Å². The van der Waals surface area contributed by atoms with Gasteiger partial charge in [0.05, 0.1) is 0 Å². The van der Waals surface area contributed by atoms with Crippen molar-refractivity contribution in [2.45, 2.75) is 39.5 Å². The van der Waals surface area contributed by atoms with Crippen LogP contribution in [0.25, 0.3) is 0 Å². The Morgan fingerprint density at radius 1 is 1.11 bits per heavy atom. The fourth-order valence-electron chi connectivity index (χ4n) is 2.81. The molecule has 0 bridgehead atoms. The molecular weight excluding hydrogens is 372 g/mol. The molecule has 28 heavy (non-hydrogen) atoms. The highest BCUT2D eigenvalue weighted by Gasteiger charge is 2.12. The lowest BCUT2D eigenvalue weighted by molar-refractivity contribution is -0.116. The lowest BCUT2D eigenvalue weighted by Gasteiger charge is -2.17. The summed E-state index contributed by atoms with van der Waals surface area (Å²) in [6.45, 7) is 8.12. The molecule has 0 saturated heterocycles. The molecule has 0 atom stereocenters. The molecule has 0 radical (unpaired) electrons. The van der Waals surface area contributed by atoms with Gasteiger partial charge in [-0.2, -0.15) is 0 Å². The van der Waals surface area contributed by atoms with Gasteiger partial charge >= 0.3 is 0 Å². The first-order valence-electron chi connectivity index (χ1n) is 9.92. The average molecular weight is 403 g/mol. The van der Waals surface area contributed by atoms with Crippen LogP contribution < -0.4 is 10.6 Å². The number of nitrogens with one attached hydrogen (secondary N) is 2. The highest BCUT2D eigenvalue weighted by atomic mass is 32.1. The van der Waals surface area contributed by atoms with Crippen LogP contribution in [-0.2, 0) is 11.2 Å². The van der Waals surface area contributed by atoms with E-state index in [0.29, 0.717) is 30.2 Å². The van der Waals surface area contributed by atoms with Crippen molar-refractivity contribution in [1.82, 2.24) is 15.2 Å². The van der Waals surface area contributed by atoms with Gasteiger partial charge in [-0.05, 0) is 44.5 Å². The standard InChI is InChI=1S/C21H30N4O2S/c1-3-25(4-2)15-9-8-14-22-20(27)18-16-28-21(23-18)24-19(26)13-12-17-10-6-5-7-11-17/h5-7,10-11,16H,3-4,8-9,12-15H2,1-2H3,(H,22,27)(H,23,24,26). The summed E-state index contributed by atoms with van der Waals surface area (Å²) < 4.78 is 0. The minimum atomic E-state index is -0.191. The number of anilines is 1. The van der Waals surface area contributed by atoms with E-state index in [2.05, 4.69) is 34.4 Å². The number of carbonyl (C=O) groups is 2. The van der Waals surface area contributed by atoms with Crippen LogP contribution in [-0.4, -0.2) is 47.9 Å². The first-order chi connectivity index (χ1) is 13.6. The van der Waals surface area contributed by atoms with Gasteiger partial charge in [0, 0.05) is 18.3 Å². The third-order valence-corrected chi connectivity index (χ3v) is 5.31. The fraction of sp³-hybridized carbons (Fsp3) is 0.476. The first kappa shape index (κ1) is 22.0. The molecule has 0 unspecified atom stereocenters. The zero-order valence-electron chi connectivity index (χ0n) is 16.7. The molecule has 0 fully saturated rings. The summed E-state index contributed by atoms with van der Waals surface area (Å²) in [6, 6.07) is 9.88. The summed E-state index contributed by atoms with van der Waals surface area (Å²) in [6.07, 6.45) is 3.06. The normalized spacial score (nSPS) is 10.8. The molecule has 7 heteroatoms. The van der Waals surface area contributed by atoms with Crippen LogP contribution in [0.2, 0.25) is 0 Å². The largest absolute Gasteiger partial charge is 0.351 e. The Bertz CT molecular complexity index is 729. The van der Waals surface area contributed by atoms with Crippen LogP contribution in [0.4, 0.5) is 5.13 Å². The van der Waals surface area contributed by atoms with Crippen molar-refractivity contribution < 1.29 is 9.59 Å². The van der Waals surface area contributed by atoms with Crippen molar-refractivity contribution in [1.29, 1.82) is 0 Å². The summed E-state index contributed by atoms with van der Waals surface area (Å²) in [5.74, 6) is -0.287. The van der Waals surface area contributed by atoms with Crippen LogP contribution in [0.5, 0.6) is 0 Å². The molecule has 1 aromatic heterocycles. The number of thiazole rings is 1. The molecule has 0 aliphatic heterocycles. The molecule has 0 aliphatic carbocycles. The van der Waals surface area contributed by atoms with Crippen molar-refractivity contribution in [2.75, 3.05) is 31.5 Å². The van der Waals surface area contributed by atoms with E-state index in [4.69, 9.17) is 0 Å². The third kappa shape index (κ3) is 7.78. The molecule has 2 rings (SSSR count). The molecule has 2 amide bonds. The number of hydrogen-bond acceptors (Lipinski definition) is 5. The molecule has 0 saturated carbocycles. The predicted molar refractivity (Wildman–Crippen MR) is 115 cm³/mol. The molecule has 0 aliphatic rings. The number of unbranched alkanes of at least 4 members (excludes halogenated alkanes) is 1. The molecule has 2 N–H and O–H groups in total. The quantitative estimate of drug-likeness (QED) is 0.532. The maximum absolute atomic E-state index is 12.2. The fourth-order valence-corrected chi connectivity index (χ4v) is 3.52. The summed E-state index contributed by atoms with van der Waals surface area (Å²) in [5.41, 5.74) is 1.48.